The molecule has 0 aliphatic carbocycles. The number of hydrogen-bond donors (Lipinski definition) is 2. The fourth-order valence-electron chi connectivity index (χ4n) is 3.38. The minimum Gasteiger partial charge on any atom is -0.485 e. The molecule has 2 heterocycles. The molecule has 194 valence electrons. The molecule has 0 spiro atoms. The van der Waals surface area contributed by atoms with Gasteiger partial charge in [0.25, 0.3) is 11.5 Å². The van der Waals surface area contributed by atoms with E-state index in [2.05, 4.69) is 10.3 Å². The van der Waals surface area contributed by atoms with Crippen LogP contribution < -0.4 is 15.6 Å². The van der Waals surface area contributed by atoms with Gasteiger partial charge in [-0.3, -0.25) is 19.6 Å². The summed E-state index contributed by atoms with van der Waals surface area (Å²) in [5.41, 5.74) is 1.75. The Morgan fingerprint density at radius 3 is 2.58 bits per heavy atom. The van der Waals surface area contributed by atoms with Crippen molar-refractivity contribution in [3.8, 4) is 10.9 Å². The summed E-state index contributed by atoms with van der Waals surface area (Å²) in [5, 5.41) is 12.0. The van der Waals surface area contributed by atoms with Gasteiger partial charge in [-0.25, -0.2) is 4.98 Å². The number of pyridine rings is 1. The Morgan fingerprint density at radius 2 is 1.89 bits per heavy atom. The number of rotatable bonds is 9. The number of benzene rings is 2. The summed E-state index contributed by atoms with van der Waals surface area (Å²) in [6.07, 6.45) is 3.24. The Labute approximate surface area is 228 Å². The minimum absolute atomic E-state index is 0.0258. The molecule has 8 nitrogen and oxygen atoms in total. The summed E-state index contributed by atoms with van der Waals surface area (Å²) in [5.74, 6) is 0.458. The van der Waals surface area contributed by atoms with Crippen LogP contribution in [0.2, 0.25) is 5.02 Å². The van der Waals surface area contributed by atoms with Gasteiger partial charge in [0.05, 0.1) is 5.69 Å². The maximum Gasteiger partial charge on any atom is 0.263 e. The van der Waals surface area contributed by atoms with Crippen LogP contribution in [0.3, 0.4) is 0 Å². The van der Waals surface area contributed by atoms with E-state index in [9.17, 15) is 9.59 Å². The van der Waals surface area contributed by atoms with Gasteiger partial charge in [0, 0.05) is 29.4 Å². The van der Waals surface area contributed by atoms with E-state index in [0.29, 0.717) is 44.3 Å². The number of carbonyl (C=O) groups excluding carboxylic acids is 1. The predicted molar refractivity (Wildman–Crippen MR) is 149 cm³/mol. The number of halogens is 1. The number of amides is 1. The highest BCUT2D eigenvalue weighted by Crippen LogP contribution is 2.22. The molecule has 0 bridgehead atoms. The van der Waals surface area contributed by atoms with Gasteiger partial charge in [0.1, 0.15) is 23.0 Å². The van der Waals surface area contributed by atoms with Gasteiger partial charge in [-0.05, 0) is 55.8 Å². The zero-order valence-corrected chi connectivity index (χ0v) is 22.3. The normalized spacial score (nSPS) is 11.2. The van der Waals surface area contributed by atoms with Crippen LogP contribution in [0.4, 0.5) is 0 Å². The van der Waals surface area contributed by atoms with Gasteiger partial charge in [-0.15, -0.1) is 0 Å². The molecule has 0 radical (unpaired) electrons. The molecule has 2 aromatic carbocycles. The molecule has 1 amide bonds. The molecule has 4 aromatic rings. The lowest BCUT2D eigenvalue weighted by atomic mass is 10.2. The zero-order chi connectivity index (χ0) is 27.1. The first kappa shape index (κ1) is 26.8. The molecule has 0 aliphatic rings. The molecule has 0 saturated carbocycles. The highest BCUT2D eigenvalue weighted by Gasteiger charge is 2.17. The third-order valence-electron chi connectivity index (χ3n) is 5.43. The van der Waals surface area contributed by atoms with Crippen molar-refractivity contribution in [1.29, 1.82) is 5.41 Å². The molecule has 4 rings (SSSR count). The van der Waals surface area contributed by atoms with Crippen LogP contribution in [0.15, 0.2) is 89.6 Å². The van der Waals surface area contributed by atoms with Gasteiger partial charge in [0.2, 0.25) is 5.90 Å². The van der Waals surface area contributed by atoms with Crippen molar-refractivity contribution in [3.05, 3.63) is 122 Å². The maximum absolute atomic E-state index is 12.8. The molecular formula is C28H25ClN4O4S. The van der Waals surface area contributed by atoms with E-state index in [4.69, 9.17) is 26.5 Å². The fourth-order valence-corrected chi connectivity index (χ4v) is 4.48. The number of ether oxygens (including phenoxy) is 2. The van der Waals surface area contributed by atoms with Gasteiger partial charge in [-0.2, -0.15) is 0 Å². The quantitative estimate of drug-likeness (QED) is 0.163. The Hall–Kier alpha value is -4.21. The second-order valence-corrected chi connectivity index (χ2v) is 9.55. The van der Waals surface area contributed by atoms with Crippen molar-refractivity contribution in [2.75, 3.05) is 6.61 Å². The summed E-state index contributed by atoms with van der Waals surface area (Å²) in [7, 11) is 0. The monoisotopic (exact) mass is 548 g/mol. The Morgan fingerprint density at radius 1 is 1.16 bits per heavy atom. The molecular weight excluding hydrogens is 524 g/mol. The number of nitrogens with zero attached hydrogens (tertiary/aromatic N) is 2. The highest BCUT2D eigenvalue weighted by molar-refractivity contribution is 7.16. The van der Waals surface area contributed by atoms with Gasteiger partial charge in [0.15, 0.2) is 5.13 Å². The first-order valence-electron chi connectivity index (χ1n) is 11.7. The van der Waals surface area contributed by atoms with Gasteiger partial charge < -0.3 is 14.8 Å². The number of thiazole rings is 1. The third kappa shape index (κ3) is 6.76. The highest BCUT2D eigenvalue weighted by atomic mass is 35.5. The van der Waals surface area contributed by atoms with Crippen molar-refractivity contribution in [1.82, 2.24) is 14.9 Å². The van der Waals surface area contributed by atoms with E-state index in [-0.39, 0.29) is 24.0 Å². The van der Waals surface area contributed by atoms with E-state index in [1.807, 2.05) is 30.3 Å². The second kappa shape index (κ2) is 12.4. The first-order valence-corrected chi connectivity index (χ1v) is 12.9. The van der Waals surface area contributed by atoms with Crippen LogP contribution in [0.1, 0.15) is 33.4 Å². The van der Waals surface area contributed by atoms with Crippen LogP contribution in [0.25, 0.3) is 5.13 Å². The minimum atomic E-state index is -0.357. The summed E-state index contributed by atoms with van der Waals surface area (Å²) in [6, 6.07) is 19.3. The molecule has 0 atom stereocenters. The summed E-state index contributed by atoms with van der Waals surface area (Å²) in [4.78, 5) is 30.4. The van der Waals surface area contributed by atoms with Crippen LogP contribution in [0, 0.1) is 12.3 Å². The molecule has 0 saturated heterocycles. The summed E-state index contributed by atoms with van der Waals surface area (Å²) >= 11 is 7.04. The maximum atomic E-state index is 12.8. The van der Waals surface area contributed by atoms with E-state index in [1.165, 1.54) is 10.6 Å². The Balaban J connectivity index is 1.38. The number of aromatic nitrogens is 2. The van der Waals surface area contributed by atoms with E-state index >= 15 is 0 Å². The smallest absolute Gasteiger partial charge is 0.263 e. The Bertz CT molecular complexity index is 1530. The van der Waals surface area contributed by atoms with Crippen LogP contribution in [-0.2, 0) is 11.3 Å². The number of hydrogen-bond acceptors (Lipinski definition) is 7. The fraction of sp³-hybridized carbons (Fsp3) is 0.143. The second-order valence-electron chi connectivity index (χ2n) is 8.13. The van der Waals surface area contributed by atoms with Crippen LogP contribution >= 0.6 is 22.9 Å². The van der Waals surface area contributed by atoms with E-state index < -0.39 is 0 Å². The third-order valence-corrected chi connectivity index (χ3v) is 6.83. The SMILES string of the molecule is C/C=C(/COc1ccn(-c2nc(C)c(C(=O)NCc3ccccc3)s2)c(=O)c1)OC(=N)c1ccc(Cl)cc1. The first-order chi connectivity index (χ1) is 18.3. The molecule has 0 unspecified atom stereocenters. The van der Waals surface area contributed by atoms with Crippen molar-refractivity contribution >= 4 is 34.7 Å². The van der Waals surface area contributed by atoms with E-state index in [0.717, 1.165) is 16.9 Å². The Kier molecular flexibility index (Phi) is 8.73. The molecule has 0 fully saturated rings. The summed E-state index contributed by atoms with van der Waals surface area (Å²) in [6.45, 7) is 3.93. The standard InChI is InChI=1S/C28H25ClN4O4S/c1-3-22(37-26(30)20-9-11-21(29)12-10-20)17-36-23-13-14-33(24(34)15-23)28-32-18(2)25(38-28)27(35)31-16-19-7-5-4-6-8-19/h3-15,30H,16-17H2,1-2H3,(H,31,35)/b22-3-,30-26?. The predicted octanol–water partition coefficient (Wildman–Crippen LogP) is 5.51. The lowest BCUT2D eigenvalue weighted by Gasteiger charge is -2.12. The van der Waals surface area contributed by atoms with Crippen molar-refractivity contribution in [3.63, 3.8) is 0 Å². The van der Waals surface area contributed by atoms with Crippen LogP contribution in [-0.4, -0.2) is 28.0 Å². The molecule has 38 heavy (non-hydrogen) atoms. The van der Waals surface area contributed by atoms with Crippen molar-refractivity contribution in [2.24, 2.45) is 0 Å². The number of allylic oxidation sites excluding steroid dienone is 1. The molecule has 10 heteroatoms. The average molecular weight is 549 g/mol. The number of carbonyl (C=O) groups is 1. The molecule has 2 N–H and O–H groups in total. The van der Waals surface area contributed by atoms with E-state index in [1.54, 1.807) is 56.5 Å². The summed E-state index contributed by atoms with van der Waals surface area (Å²) < 4.78 is 12.7. The van der Waals surface area contributed by atoms with Gasteiger partial charge >= 0.3 is 0 Å². The number of nitrogens with one attached hydrogen (secondary N) is 2. The van der Waals surface area contributed by atoms with Crippen LogP contribution in [0.5, 0.6) is 5.75 Å². The van der Waals surface area contributed by atoms with Gasteiger partial charge in [-0.1, -0.05) is 53.3 Å². The zero-order valence-electron chi connectivity index (χ0n) is 20.7. The van der Waals surface area contributed by atoms with Crippen molar-refractivity contribution in [2.45, 2.75) is 20.4 Å². The molecule has 2 aromatic heterocycles. The topological polar surface area (TPSA) is 106 Å². The average Bonchev–Trinajstić information content (AvgIpc) is 3.31. The lowest BCUT2D eigenvalue weighted by molar-refractivity contribution is 0.0954. The lowest BCUT2D eigenvalue weighted by Crippen LogP contribution is -2.22. The largest absolute Gasteiger partial charge is 0.485 e. The van der Waals surface area contributed by atoms with Crippen molar-refractivity contribution < 1.29 is 14.3 Å². The number of aryl methyl sites for hydroxylation is 1. The molecule has 0 aliphatic heterocycles.